The van der Waals surface area contributed by atoms with E-state index < -0.39 is 12.1 Å². The minimum Gasteiger partial charge on any atom is -0.497 e. The summed E-state index contributed by atoms with van der Waals surface area (Å²) in [4.78, 5) is 17.6. The Labute approximate surface area is 179 Å². The summed E-state index contributed by atoms with van der Waals surface area (Å²) in [6.45, 7) is 0. The first-order valence-corrected chi connectivity index (χ1v) is 9.82. The van der Waals surface area contributed by atoms with E-state index in [1.807, 2.05) is 36.0 Å². The second-order valence-corrected chi connectivity index (χ2v) is 7.48. The molecular formula is C22H22ClN3O4. The van der Waals surface area contributed by atoms with Gasteiger partial charge in [0.1, 0.15) is 29.1 Å². The fraction of sp³-hybridized carbons (Fsp3) is 0.273. The van der Waals surface area contributed by atoms with Gasteiger partial charge in [-0.2, -0.15) is 0 Å². The van der Waals surface area contributed by atoms with Gasteiger partial charge in [0.15, 0.2) is 6.10 Å². The molecule has 30 heavy (non-hydrogen) atoms. The zero-order chi connectivity index (χ0) is 21.3. The highest BCUT2D eigenvalue weighted by Gasteiger charge is 2.32. The van der Waals surface area contributed by atoms with Crippen LogP contribution in [0.1, 0.15) is 23.0 Å². The van der Waals surface area contributed by atoms with Crippen LogP contribution in [0.3, 0.4) is 0 Å². The molecule has 1 amide bonds. The molecule has 0 fully saturated rings. The van der Waals surface area contributed by atoms with Crippen LogP contribution in [-0.2, 0) is 18.3 Å². The number of aryl methyl sites for hydroxylation is 1. The molecule has 2 atom stereocenters. The number of halogens is 1. The van der Waals surface area contributed by atoms with Crippen LogP contribution in [0, 0.1) is 0 Å². The van der Waals surface area contributed by atoms with Gasteiger partial charge in [0.2, 0.25) is 0 Å². The third-order valence-corrected chi connectivity index (χ3v) is 5.33. The van der Waals surface area contributed by atoms with Gasteiger partial charge in [0.05, 0.1) is 14.2 Å². The van der Waals surface area contributed by atoms with Crippen molar-refractivity contribution in [3.63, 3.8) is 0 Å². The molecule has 0 saturated carbocycles. The van der Waals surface area contributed by atoms with Crippen LogP contribution in [0.5, 0.6) is 17.2 Å². The van der Waals surface area contributed by atoms with Gasteiger partial charge in [-0.1, -0.05) is 11.6 Å². The fourth-order valence-corrected chi connectivity index (χ4v) is 3.74. The largest absolute Gasteiger partial charge is 0.497 e. The molecular weight excluding hydrogens is 406 g/mol. The molecule has 8 heteroatoms. The fourth-order valence-electron chi connectivity index (χ4n) is 3.55. The van der Waals surface area contributed by atoms with Crippen LogP contribution in [0.4, 0.5) is 0 Å². The molecule has 0 unspecified atom stereocenters. The van der Waals surface area contributed by atoms with Crippen molar-refractivity contribution in [2.24, 2.45) is 7.05 Å². The zero-order valence-corrected chi connectivity index (χ0v) is 17.6. The predicted molar refractivity (Wildman–Crippen MR) is 112 cm³/mol. The Hall–Kier alpha value is -3.19. The summed E-state index contributed by atoms with van der Waals surface area (Å²) in [6.07, 6.45) is 3.33. The molecule has 1 aromatic heterocycles. The predicted octanol–water partition coefficient (Wildman–Crippen LogP) is 3.30. The number of carbonyl (C=O) groups is 1. The number of hydrogen-bond donors (Lipinski definition) is 1. The monoisotopic (exact) mass is 427 g/mol. The Morgan fingerprint density at radius 2 is 1.97 bits per heavy atom. The Balaban J connectivity index is 1.64. The number of methoxy groups -OCH3 is 2. The summed E-state index contributed by atoms with van der Waals surface area (Å²) < 4.78 is 18.5. The Kier molecular flexibility index (Phi) is 5.55. The van der Waals surface area contributed by atoms with Gasteiger partial charge in [-0.15, -0.1) is 0 Å². The van der Waals surface area contributed by atoms with Gasteiger partial charge in [-0.3, -0.25) is 4.79 Å². The van der Waals surface area contributed by atoms with Crippen LogP contribution in [0.15, 0.2) is 48.8 Å². The molecule has 1 N–H and O–H groups in total. The van der Waals surface area contributed by atoms with Gasteiger partial charge in [-0.05, 0) is 41.5 Å². The molecule has 0 saturated heterocycles. The van der Waals surface area contributed by atoms with E-state index in [0.717, 1.165) is 11.1 Å². The Morgan fingerprint density at radius 1 is 1.23 bits per heavy atom. The van der Waals surface area contributed by atoms with Gasteiger partial charge < -0.3 is 24.1 Å². The highest BCUT2D eigenvalue weighted by atomic mass is 35.5. The molecule has 1 aliphatic heterocycles. The number of nitrogens with one attached hydrogen (secondary N) is 1. The molecule has 4 rings (SSSR count). The number of hydrogen-bond acceptors (Lipinski definition) is 5. The van der Waals surface area contributed by atoms with Crippen molar-refractivity contribution in [1.82, 2.24) is 14.9 Å². The van der Waals surface area contributed by atoms with Gasteiger partial charge >= 0.3 is 0 Å². The van der Waals surface area contributed by atoms with Crippen LogP contribution in [0.2, 0.25) is 5.02 Å². The highest BCUT2D eigenvalue weighted by molar-refractivity contribution is 6.30. The molecule has 2 heterocycles. The average molecular weight is 428 g/mol. The first-order valence-electron chi connectivity index (χ1n) is 9.44. The average Bonchev–Trinajstić information content (AvgIpc) is 3.37. The minimum atomic E-state index is -0.645. The number of amides is 1. The standard InChI is InChI=1S/C22H22ClN3O4/c1-26-7-6-24-21(26)20(14-9-16(28-2)12-17(10-14)29-3)25-22(27)19-11-13-8-15(23)4-5-18(13)30-19/h4-10,12,19-20H,11H2,1-3H3,(H,25,27)/t19-,20+/m1/s1. The molecule has 0 bridgehead atoms. The van der Waals surface area contributed by atoms with E-state index in [1.165, 1.54) is 0 Å². The molecule has 0 spiro atoms. The summed E-state index contributed by atoms with van der Waals surface area (Å²) in [5.41, 5.74) is 1.70. The quantitative estimate of drug-likeness (QED) is 0.653. The van der Waals surface area contributed by atoms with E-state index in [0.29, 0.717) is 34.5 Å². The number of nitrogens with zero attached hydrogens (tertiary/aromatic N) is 2. The van der Waals surface area contributed by atoms with Crippen molar-refractivity contribution >= 4 is 17.5 Å². The first kappa shape index (κ1) is 20.1. The Morgan fingerprint density at radius 3 is 2.60 bits per heavy atom. The molecule has 0 aliphatic carbocycles. The summed E-state index contributed by atoms with van der Waals surface area (Å²) in [5, 5.41) is 3.70. The lowest BCUT2D eigenvalue weighted by Crippen LogP contribution is -2.40. The Bertz CT molecular complexity index is 1060. The topological polar surface area (TPSA) is 74.6 Å². The van der Waals surface area contributed by atoms with Crippen molar-refractivity contribution in [1.29, 1.82) is 0 Å². The van der Waals surface area contributed by atoms with E-state index in [1.54, 1.807) is 38.6 Å². The number of rotatable bonds is 6. The van der Waals surface area contributed by atoms with Crippen molar-refractivity contribution in [2.75, 3.05) is 14.2 Å². The summed E-state index contributed by atoms with van der Waals surface area (Å²) >= 11 is 6.07. The lowest BCUT2D eigenvalue weighted by Gasteiger charge is -2.22. The summed E-state index contributed by atoms with van der Waals surface area (Å²) in [7, 11) is 5.05. The van der Waals surface area contributed by atoms with Crippen LogP contribution in [-0.4, -0.2) is 35.8 Å². The maximum absolute atomic E-state index is 13.1. The van der Waals surface area contributed by atoms with E-state index in [2.05, 4.69) is 10.3 Å². The number of aromatic nitrogens is 2. The summed E-state index contributed by atoms with van der Waals surface area (Å²) in [5.74, 6) is 2.36. The lowest BCUT2D eigenvalue weighted by atomic mass is 10.0. The molecule has 0 radical (unpaired) electrons. The second kappa shape index (κ2) is 8.28. The SMILES string of the molecule is COc1cc(OC)cc([C@H](NC(=O)[C@H]2Cc3cc(Cl)ccc3O2)c2nccn2C)c1. The third-order valence-electron chi connectivity index (χ3n) is 5.10. The molecule has 3 aromatic rings. The van der Waals surface area contributed by atoms with Gasteiger partial charge in [-0.25, -0.2) is 4.98 Å². The number of ether oxygens (including phenoxy) is 3. The van der Waals surface area contributed by atoms with Crippen molar-refractivity contribution in [3.8, 4) is 17.2 Å². The number of benzene rings is 2. The zero-order valence-electron chi connectivity index (χ0n) is 16.9. The normalized spacial score (nSPS) is 15.8. The first-order chi connectivity index (χ1) is 14.5. The molecule has 156 valence electrons. The number of imidazole rings is 1. The minimum absolute atomic E-state index is 0.239. The maximum atomic E-state index is 13.1. The van der Waals surface area contributed by atoms with Crippen LogP contribution >= 0.6 is 11.6 Å². The van der Waals surface area contributed by atoms with Crippen molar-refractivity contribution in [2.45, 2.75) is 18.6 Å². The van der Waals surface area contributed by atoms with E-state index in [-0.39, 0.29) is 5.91 Å². The third kappa shape index (κ3) is 3.93. The van der Waals surface area contributed by atoms with Crippen LogP contribution in [0.25, 0.3) is 0 Å². The smallest absolute Gasteiger partial charge is 0.262 e. The number of fused-ring (bicyclic) bond motifs is 1. The van der Waals surface area contributed by atoms with Crippen molar-refractivity contribution in [3.05, 3.63) is 70.8 Å². The van der Waals surface area contributed by atoms with Gasteiger partial charge in [0, 0.05) is 37.0 Å². The molecule has 1 aliphatic rings. The second-order valence-electron chi connectivity index (χ2n) is 7.05. The lowest BCUT2D eigenvalue weighted by molar-refractivity contribution is -0.127. The highest BCUT2D eigenvalue weighted by Crippen LogP contribution is 2.33. The van der Waals surface area contributed by atoms with Crippen LogP contribution < -0.4 is 19.5 Å². The van der Waals surface area contributed by atoms with E-state index in [9.17, 15) is 4.79 Å². The summed E-state index contributed by atoms with van der Waals surface area (Å²) in [6, 6.07) is 10.3. The van der Waals surface area contributed by atoms with E-state index in [4.69, 9.17) is 25.8 Å². The number of carbonyl (C=O) groups excluding carboxylic acids is 1. The van der Waals surface area contributed by atoms with E-state index >= 15 is 0 Å². The molecule has 7 nitrogen and oxygen atoms in total. The van der Waals surface area contributed by atoms with Gasteiger partial charge in [0.25, 0.3) is 5.91 Å². The maximum Gasteiger partial charge on any atom is 0.262 e. The van der Waals surface area contributed by atoms with Crippen molar-refractivity contribution < 1.29 is 19.0 Å². The molecule has 2 aromatic carbocycles.